The number of aromatic nitrogens is 3. The molecule has 0 bridgehead atoms. The fourth-order valence-corrected chi connectivity index (χ4v) is 3.89. The molecular weight excluding hydrogens is 438 g/mol. The Morgan fingerprint density at radius 3 is 2.40 bits per heavy atom. The first-order valence-corrected chi connectivity index (χ1v) is 11.2. The lowest BCUT2D eigenvalue weighted by molar-refractivity contribution is 0.102. The molecule has 0 aliphatic rings. The lowest BCUT2D eigenvalue weighted by Gasteiger charge is -2.11. The number of nitrogens with two attached hydrogens (primary N) is 1. The van der Waals surface area contributed by atoms with Crippen LogP contribution in [0.4, 0.5) is 17.2 Å². The van der Waals surface area contributed by atoms with Crippen LogP contribution in [-0.4, -0.2) is 40.9 Å². The second-order valence-electron chi connectivity index (χ2n) is 8.51. The van der Waals surface area contributed by atoms with Crippen LogP contribution in [0.5, 0.6) is 0 Å². The van der Waals surface area contributed by atoms with Crippen molar-refractivity contribution in [1.82, 2.24) is 14.6 Å². The van der Waals surface area contributed by atoms with Crippen LogP contribution < -0.4 is 16.0 Å². The molecule has 2 aromatic heterocycles. The number of benzene rings is 3. The minimum Gasteiger partial charge on any atom is -0.383 e. The molecule has 3 aromatic carbocycles. The van der Waals surface area contributed by atoms with Gasteiger partial charge in [-0.3, -0.25) is 4.79 Å². The van der Waals surface area contributed by atoms with Gasteiger partial charge >= 0.3 is 0 Å². The second kappa shape index (κ2) is 8.90. The summed E-state index contributed by atoms with van der Waals surface area (Å²) in [5.41, 5.74) is 12.6. The van der Waals surface area contributed by atoms with Gasteiger partial charge in [0.15, 0.2) is 5.65 Å². The summed E-state index contributed by atoms with van der Waals surface area (Å²) in [4.78, 5) is 24.8. The van der Waals surface area contributed by atoms with E-state index >= 15 is 0 Å². The number of hydrogen-bond donors (Lipinski definition) is 2. The number of hydrogen-bond acceptors (Lipinski definition) is 6. The molecule has 0 spiro atoms. The van der Waals surface area contributed by atoms with Crippen molar-refractivity contribution in [1.29, 1.82) is 0 Å². The Hall–Kier alpha value is -4.72. The van der Waals surface area contributed by atoms with E-state index in [4.69, 9.17) is 15.7 Å². The van der Waals surface area contributed by atoms with Crippen LogP contribution >= 0.6 is 0 Å². The zero-order valence-electron chi connectivity index (χ0n) is 19.7. The number of nitrogens with zero attached hydrogens (tertiary/aromatic N) is 5. The van der Waals surface area contributed by atoms with E-state index in [0.29, 0.717) is 27.9 Å². The van der Waals surface area contributed by atoms with E-state index in [1.54, 1.807) is 6.21 Å². The Bertz CT molecular complexity index is 1580. The highest BCUT2D eigenvalue weighted by atomic mass is 16.1. The van der Waals surface area contributed by atoms with Crippen molar-refractivity contribution < 1.29 is 4.79 Å². The minimum absolute atomic E-state index is 0.168. The van der Waals surface area contributed by atoms with Crippen LogP contribution in [-0.2, 0) is 0 Å². The van der Waals surface area contributed by atoms with Gasteiger partial charge in [-0.15, -0.1) is 0 Å². The fraction of sp³-hybridized carbons (Fsp3) is 0.111. The van der Waals surface area contributed by atoms with Crippen LogP contribution in [0.2, 0.25) is 0 Å². The van der Waals surface area contributed by atoms with Crippen LogP contribution in [0.25, 0.3) is 22.2 Å². The highest BCUT2D eigenvalue weighted by Crippen LogP contribution is 2.29. The van der Waals surface area contributed by atoms with Gasteiger partial charge in [0.1, 0.15) is 16.9 Å². The third kappa shape index (κ3) is 4.29. The molecular formula is C27H25N7O. The summed E-state index contributed by atoms with van der Waals surface area (Å²) in [6.07, 6.45) is 1.69. The molecule has 0 atom stereocenters. The molecule has 0 aliphatic carbocycles. The van der Waals surface area contributed by atoms with Gasteiger partial charge in [0, 0.05) is 25.5 Å². The van der Waals surface area contributed by atoms with Gasteiger partial charge < -0.3 is 16.0 Å². The van der Waals surface area contributed by atoms with E-state index < -0.39 is 0 Å². The van der Waals surface area contributed by atoms with Crippen molar-refractivity contribution >= 4 is 51.5 Å². The summed E-state index contributed by atoms with van der Waals surface area (Å²) < 4.78 is 1.47. The summed E-state index contributed by atoms with van der Waals surface area (Å²) in [7, 11) is 3.98. The number of para-hydroxylation sites is 2. The van der Waals surface area contributed by atoms with Crippen LogP contribution in [0.1, 0.15) is 21.5 Å². The van der Waals surface area contributed by atoms with Crippen molar-refractivity contribution in [3.05, 3.63) is 89.5 Å². The predicted octanol–water partition coefficient (Wildman–Crippen LogP) is 4.68. The van der Waals surface area contributed by atoms with Gasteiger partial charge in [-0.1, -0.05) is 36.4 Å². The fourth-order valence-electron chi connectivity index (χ4n) is 3.89. The Kier molecular flexibility index (Phi) is 5.62. The molecule has 174 valence electrons. The van der Waals surface area contributed by atoms with Crippen molar-refractivity contribution in [3.8, 4) is 0 Å². The van der Waals surface area contributed by atoms with Crippen LogP contribution in [0.15, 0.2) is 77.9 Å². The maximum absolute atomic E-state index is 13.4. The van der Waals surface area contributed by atoms with Crippen LogP contribution in [0.3, 0.4) is 0 Å². The number of aryl methyl sites for hydroxylation is 1. The molecule has 3 N–H and O–H groups in total. The van der Waals surface area contributed by atoms with Gasteiger partial charge in [0.25, 0.3) is 5.91 Å². The summed E-state index contributed by atoms with van der Waals surface area (Å²) in [6, 6.07) is 23.0. The molecule has 0 radical (unpaired) electrons. The average Bonchev–Trinajstić information content (AvgIpc) is 3.11. The topological polar surface area (TPSA) is 101 Å². The average molecular weight is 464 g/mol. The standard InChI is InChI=1S/C27H25N7O/c1-17-7-6-8-19(15-17)30-27(35)23-24-26(32-22-10-5-4-9-21(22)31-24)34(25(23)28)29-16-18-11-13-20(14-12-18)33(2)3/h4-16H,28H2,1-3H3,(H,30,35). The molecule has 0 fully saturated rings. The van der Waals surface area contributed by atoms with E-state index in [-0.39, 0.29) is 17.3 Å². The Morgan fingerprint density at radius 1 is 1.00 bits per heavy atom. The molecule has 8 nitrogen and oxygen atoms in total. The van der Waals surface area contributed by atoms with E-state index in [1.165, 1.54) is 4.68 Å². The molecule has 0 unspecified atom stereocenters. The third-order valence-electron chi connectivity index (χ3n) is 5.71. The predicted molar refractivity (Wildman–Crippen MR) is 142 cm³/mol. The van der Waals surface area contributed by atoms with Gasteiger partial charge in [0.2, 0.25) is 0 Å². The van der Waals surface area contributed by atoms with Crippen molar-refractivity contribution in [2.45, 2.75) is 6.92 Å². The third-order valence-corrected chi connectivity index (χ3v) is 5.71. The molecule has 8 heteroatoms. The molecule has 0 saturated heterocycles. The molecule has 35 heavy (non-hydrogen) atoms. The summed E-state index contributed by atoms with van der Waals surface area (Å²) in [5, 5.41) is 7.51. The first kappa shape index (κ1) is 22.1. The lowest BCUT2D eigenvalue weighted by atomic mass is 10.2. The first-order chi connectivity index (χ1) is 16.9. The largest absolute Gasteiger partial charge is 0.383 e. The van der Waals surface area contributed by atoms with Gasteiger partial charge in [0.05, 0.1) is 17.2 Å². The van der Waals surface area contributed by atoms with Crippen LogP contribution in [0, 0.1) is 6.92 Å². The zero-order valence-corrected chi connectivity index (χ0v) is 19.7. The van der Waals surface area contributed by atoms with Gasteiger partial charge in [-0.25, -0.2) is 9.97 Å². The second-order valence-corrected chi connectivity index (χ2v) is 8.51. The monoisotopic (exact) mass is 463 g/mol. The number of carbonyl (C=O) groups excluding carboxylic acids is 1. The smallest absolute Gasteiger partial charge is 0.261 e. The minimum atomic E-state index is -0.369. The number of fused-ring (bicyclic) bond motifs is 2. The zero-order chi connectivity index (χ0) is 24.5. The number of anilines is 3. The molecule has 2 heterocycles. The first-order valence-electron chi connectivity index (χ1n) is 11.2. The van der Waals surface area contributed by atoms with Crippen molar-refractivity contribution in [3.63, 3.8) is 0 Å². The SMILES string of the molecule is Cc1cccc(NC(=O)c2c(N)n(N=Cc3ccc(N(C)C)cc3)c3nc4ccccc4nc23)c1. The highest BCUT2D eigenvalue weighted by Gasteiger charge is 2.24. The van der Waals surface area contributed by atoms with Gasteiger partial charge in [-0.2, -0.15) is 9.78 Å². The summed E-state index contributed by atoms with van der Waals surface area (Å²) in [5.74, 6) is -0.200. The quantitative estimate of drug-likeness (QED) is 0.369. The molecule has 0 saturated carbocycles. The number of amides is 1. The lowest BCUT2D eigenvalue weighted by Crippen LogP contribution is -2.14. The number of nitrogen functional groups attached to an aromatic ring is 1. The Balaban J connectivity index is 1.62. The maximum atomic E-state index is 13.4. The number of carbonyl (C=O) groups is 1. The highest BCUT2D eigenvalue weighted by molar-refractivity contribution is 6.16. The molecule has 1 amide bonds. The van der Waals surface area contributed by atoms with E-state index in [2.05, 4.69) is 10.4 Å². The summed E-state index contributed by atoms with van der Waals surface area (Å²) in [6.45, 7) is 1.97. The normalized spacial score (nSPS) is 11.4. The number of nitrogens with one attached hydrogen (secondary N) is 1. The molecule has 5 aromatic rings. The van der Waals surface area contributed by atoms with Crippen molar-refractivity contribution in [2.24, 2.45) is 5.10 Å². The summed E-state index contributed by atoms with van der Waals surface area (Å²) >= 11 is 0. The van der Waals surface area contributed by atoms with E-state index in [1.807, 2.05) is 98.7 Å². The molecule has 0 aliphatic heterocycles. The van der Waals surface area contributed by atoms with Crippen molar-refractivity contribution in [2.75, 3.05) is 30.0 Å². The Labute approximate surface area is 202 Å². The Morgan fingerprint density at radius 2 is 1.71 bits per heavy atom. The maximum Gasteiger partial charge on any atom is 0.261 e. The van der Waals surface area contributed by atoms with E-state index in [9.17, 15) is 4.79 Å². The van der Waals surface area contributed by atoms with E-state index in [0.717, 1.165) is 16.8 Å². The number of rotatable bonds is 5. The molecule has 5 rings (SSSR count). The van der Waals surface area contributed by atoms with Gasteiger partial charge in [-0.05, 0) is 54.4 Å².